The van der Waals surface area contributed by atoms with Gasteiger partial charge in [0.15, 0.2) is 0 Å². The SMILES string of the molecule is CC(C)c1c(C#N)c2cc(I)ccc2n1COCC[Si](C)(C)C. The number of rotatable bonds is 6. The molecule has 0 radical (unpaired) electrons. The fourth-order valence-corrected chi connectivity index (χ4v) is 3.99. The lowest BCUT2D eigenvalue weighted by molar-refractivity contribution is 0.0879. The third-order valence-electron chi connectivity index (χ3n) is 3.94. The number of ether oxygens (including phenoxy) is 1. The molecule has 23 heavy (non-hydrogen) atoms. The largest absolute Gasteiger partial charge is 0.361 e. The molecule has 124 valence electrons. The van der Waals surface area contributed by atoms with Crippen LogP contribution in [0.4, 0.5) is 0 Å². The second kappa shape index (κ2) is 7.37. The molecule has 2 aromatic rings. The third kappa shape index (κ3) is 4.37. The molecule has 1 heterocycles. The normalized spacial score (nSPS) is 12.1. The van der Waals surface area contributed by atoms with E-state index in [0.717, 1.165) is 38.4 Å². The average Bonchev–Trinajstić information content (AvgIpc) is 2.75. The number of halogens is 1. The summed E-state index contributed by atoms with van der Waals surface area (Å²) in [6.07, 6.45) is 0. The highest BCUT2D eigenvalue weighted by atomic mass is 127. The lowest BCUT2D eigenvalue weighted by Crippen LogP contribution is -2.22. The van der Waals surface area contributed by atoms with Gasteiger partial charge in [-0.05, 0) is 52.8 Å². The Morgan fingerprint density at radius 3 is 2.57 bits per heavy atom. The molecule has 0 atom stereocenters. The van der Waals surface area contributed by atoms with E-state index in [1.807, 2.05) is 0 Å². The highest BCUT2D eigenvalue weighted by Gasteiger charge is 2.20. The van der Waals surface area contributed by atoms with Gasteiger partial charge in [-0.15, -0.1) is 0 Å². The van der Waals surface area contributed by atoms with Crippen molar-refractivity contribution in [3.8, 4) is 6.07 Å². The quantitative estimate of drug-likeness (QED) is 0.335. The van der Waals surface area contributed by atoms with Crippen LogP contribution in [-0.4, -0.2) is 19.2 Å². The first kappa shape index (κ1) is 18.5. The van der Waals surface area contributed by atoms with Crippen LogP contribution in [0.25, 0.3) is 10.9 Å². The predicted molar refractivity (Wildman–Crippen MR) is 108 cm³/mol. The monoisotopic (exact) mass is 440 g/mol. The van der Waals surface area contributed by atoms with Crippen LogP contribution in [-0.2, 0) is 11.5 Å². The molecule has 1 aromatic carbocycles. The fraction of sp³-hybridized carbons (Fsp3) is 0.500. The Hall–Kier alpha value is -0.843. The molecule has 5 heteroatoms. The molecule has 0 unspecified atom stereocenters. The average molecular weight is 440 g/mol. The predicted octanol–water partition coefficient (Wildman–Crippen LogP) is 5.55. The Bertz CT molecular complexity index is 738. The van der Waals surface area contributed by atoms with Gasteiger partial charge in [0.1, 0.15) is 12.8 Å². The maximum absolute atomic E-state index is 9.65. The standard InChI is InChI=1S/C18H25IN2OSi/c1-13(2)18-16(11-20)15-10-14(19)6-7-17(15)21(18)12-22-8-9-23(3,4)5/h6-7,10,13H,8-9,12H2,1-5H3. The van der Waals surface area contributed by atoms with Crippen LogP contribution in [0, 0.1) is 14.9 Å². The molecule has 0 aliphatic carbocycles. The summed E-state index contributed by atoms with van der Waals surface area (Å²) in [7, 11) is -1.08. The summed E-state index contributed by atoms with van der Waals surface area (Å²) in [6, 6.07) is 9.86. The van der Waals surface area contributed by atoms with Gasteiger partial charge < -0.3 is 9.30 Å². The minimum Gasteiger partial charge on any atom is -0.361 e. The van der Waals surface area contributed by atoms with Crippen LogP contribution in [0.15, 0.2) is 18.2 Å². The molecule has 0 saturated carbocycles. The molecule has 1 aromatic heterocycles. The maximum Gasteiger partial charge on any atom is 0.123 e. The van der Waals surface area contributed by atoms with Gasteiger partial charge in [-0.25, -0.2) is 0 Å². The molecule has 0 bridgehead atoms. The van der Waals surface area contributed by atoms with Crippen LogP contribution >= 0.6 is 22.6 Å². The Balaban J connectivity index is 2.38. The third-order valence-corrected chi connectivity index (χ3v) is 6.32. The first-order valence-electron chi connectivity index (χ1n) is 8.04. The van der Waals surface area contributed by atoms with Crippen molar-refractivity contribution in [2.45, 2.75) is 52.2 Å². The lowest BCUT2D eigenvalue weighted by Gasteiger charge is -2.17. The molecule has 0 aliphatic heterocycles. The molecule has 3 nitrogen and oxygen atoms in total. The van der Waals surface area contributed by atoms with Crippen molar-refractivity contribution in [3.05, 3.63) is 33.0 Å². The van der Waals surface area contributed by atoms with Crippen molar-refractivity contribution >= 4 is 41.6 Å². The minimum atomic E-state index is -1.08. The number of hydrogen-bond donors (Lipinski definition) is 0. The van der Waals surface area contributed by atoms with Crippen LogP contribution in [0.2, 0.25) is 25.7 Å². The van der Waals surface area contributed by atoms with Crippen LogP contribution in [0.3, 0.4) is 0 Å². The first-order valence-corrected chi connectivity index (χ1v) is 12.8. The van der Waals surface area contributed by atoms with Crippen LogP contribution < -0.4 is 0 Å². The van der Waals surface area contributed by atoms with Crippen molar-refractivity contribution < 1.29 is 4.74 Å². The van der Waals surface area contributed by atoms with E-state index < -0.39 is 8.07 Å². The second-order valence-corrected chi connectivity index (χ2v) is 14.3. The highest BCUT2D eigenvalue weighted by Crippen LogP contribution is 2.32. The number of aromatic nitrogens is 1. The molecular formula is C18H25IN2OSi. The number of fused-ring (bicyclic) bond motifs is 1. The van der Waals surface area contributed by atoms with E-state index in [1.54, 1.807) is 0 Å². The summed E-state index contributed by atoms with van der Waals surface area (Å²) in [5.74, 6) is 0.287. The molecule has 0 aliphatic rings. The van der Waals surface area contributed by atoms with Crippen molar-refractivity contribution in [2.24, 2.45) is 0 Å². The van der Waals surface area contributed by atoms with Crippen molar-refractivity contribution in [1.29, 1.82) is 5.26 Å². The zero-order valence-electron chi connectivity index (χ0n) is 14.6. The summed E-state index contributed by atoms with van der Waals surface area (Å²) in [6.45, 7) is 12.7. The van der Waals surface area contributed by atoms with E-state index in [1.165, 1.54) is 0 Å². The van der Waals surface area contributed by atoms with Gasteiger partial charge in [0.05, 0.1) is 11.1 Å². The van der Waals surface area contributed by atoms with E-state index in [0.29, 0.717) is 6.73 Å². The molecular weight excluding hydrogens is 415 g/mol. The summed E-state index contributed by atoms with van der Waals surface area (Å²) >= 11 is 2.30. The van der Waals surface area contributed by atoms with E-state index in [-0.39, 0.29) is 5.92 Å². The van der Waals surface area contributed by atoms with Crippen molar-refractivity contribution in [3.63, 3.8) is 0 Å². The molecule has 0 N–H and O–H groups in total. The zero-order chi connectivity index (χ0) is 17.2. The number of nitrogens with zero attached hydrogens (tertiary/aromatic N) is 2. The Morgan fingerprint density at radius 1 is 1.30 bits per heavy atom. The first-order chi connectivity index (χ1) is 10.7. The second-order valence-electron chi connectivity index (χ2n) is 7.46. The number of nitriles is 1. The van der Waals surface area contributed by atoms with Gasteiger partial charge >= 0.3 is 0 Å². The van der Waals surface area contributed by atoms with Gasteiger partial charge in [-0.1, -0.05) is 33.5 Å². The summed E-state index contributed by atoms with van der Waals surface area (Å²) in [5, 5.41) is 10.7. The smallest absolute Gasteiger partial charge is 0.123 e. The topological polar surface area (TPSA) is 38.0 Å². The van der Waals surface area contributed by atoms with Gasteiger partial charge in [-0.2, -0.15) is 5.26 Å². The van der Waals surface area contributed by atoms with Gasteiger partial charge in [0, 0.05) is 29.3 Å². The molecule has 0 spiro atoms. The zero-order valence-corrected chi connectivity index (χ0v) is 17.8. The maximum atomic E-state index is 9.65. The van der Waals surface area contributed by atoms with E-state index in [2.05, 4.69) is 84.9 Å². The summed E-state index contributed by atoms with van der Waals surface area (Å²) < 4.78 is 9.30. The molecule has 0 fully saturated rings. The molecule has 0 amide bonds. The molecule has 2 rings (SSSR count). The fourth-order valence-electron chi connectivity index (χ4n) is 2.74. The Morgan fingerprint density at radius 2 is 2.00 bits per heavy atom. The van der Waals surface area contributed by atoms with Crippen molar-refractivity contribution in [2.75, 3.05) is 6.61 Å². The van der Waals surface area contributed by atoms with E-state index in [9.17, 15) is 5.26 Å². The molecule has 0 saturated heterocycles. The summed E-state index contributed by atoms with van der Waals surface area (Å²) in [4.78, 5) is 0. The Labute approximate surface area is 153 Å². The van der Waals surface area contributed by atoms with E-state index >= 15 is 0 Å². The van der Waals surface area contributed by atoms with Crippen LogP contribution in [0.1, 0.15) is 31.0 Å². The van der Waals surface area contributed by atoms with Gasteiger partial charge in [0.25, 0.3) is 0 Å². The highest BCUT2D eigenvalue weighted by molar-refractivity contribution is 14.1. The lowest BCUT2D eigenvalue weighted by atomic mass is 10.0. The van der Waals surface area contributed by atoms with Gasteiger partial charge in [-0.3, -0.25) is 0 Å². The van der Waals surface area contributed by atoms with Gasteiger partial charge in [0.2, 0.25) is 0 Å². The Kier molecular flexibility index (Phi) is 5.92. The number of benzene rings is 1. The minimum absolute atomic E-state index is 0.287. The number of hydrogen-bond acceptors (Lipinski definition) is 2. The van der Waals surface area contributed by atoms with Crippen LogP contribution in [0.5, 0.6) is 0 Å². The van der Waals surface area contributed by atoms with Crippen molar-refractivity contribution in [1.82, 2.24) is 4.57 Å². The van der Waals surface area contributed by atoms with E-state index in [4.69, 9.17) is 4.74 Å². The summed E-state index contributed by atoms with van der Waals surface area (Å²) in [5.41, 5.74) is 2.97.